The molecule has 0 aliphatic rings. The molecule has 12 heavy (non-hydrogen) atoms. The molecular weight excluding hydrogens is 150 g/mol. The van der Waals surface area contributed by atoms with E-state index >= 15 is 0 Å². The minimum absolute atomic E-state index is 0.209. The molecule has 1 heterocycles. The number of hydrogen-bond acceptors (Lipinski definition) is 2. The van der Waals surface area contributed by atoms with Gasteiger partial charge >= 0.3 is 0 Å². The molecule has 0 radical (unpaired) electrons. The van der Waals surface area contributed by atoms with Crippen LogP contribution < -0.4 is 5.62 Å². The monoisotopic (exact) mass is 165 g/mol. The molecule has 0 aromatic carbocycles. The van der Waals surface area contributed by atoms with Crippen LogP contribution in [0.4, 0.5) is 0 Å². The van der Waals surface area contributed by atoms with E-state index in [1.165, 1.54) is 0 Å². The molecule has 0 aliphatic heterocycles. The van der Waals surface area contributed by atoms with E-state index in [1.807, 2.05) is 27.0 Å². The molecule has 3 heteroatoms. The molecule has 66 valence electrons. The molecule has 0 aliphatic carbocycles. The largest absolute Gasteiger partial charge is 0.294 e. The fraction of sp³-hybridized carbons (Fsp3) is 0.333. The van der Waals surface area contributed by atoms with Gasteiger partial charge in [0.15, 0.2) is 0 Å². The predicted octanol–water partition coefficient (Wildman–Crippen LogP) is 1.80. The van der Waals surface area contributed by atoms with Crippen LogP contribution in [0.5, 0.6) is 0 Å². The Labute approximate surface area is 72.9 Å². The van der Waals surface area contributed by atoms with E-state index in [2.05, 4.69) is 11.6 Å². The maximum absolute atomic E-state index is 7.25. The summed E-state index contributed by atoms with van der Waals surface area (Å²) in [5.41, 5.74) is 1.23. The van der Waals surface area contributed by atoms with E-state index in [1.54, 1.807) is 17.0 Å². The van der Waals surface area contributed by atoms with Crippen LogP contribution in [0.25, 0.3) is 6.20 Å². The van der Waals surface area contributed by atoms with Crippen LogP contribution in [-0.2, 0) is 0 Å². The van der Waals surface area contributed by atoms with Crippen LogP contribution in [-0.4, -0.2) is 9.55 Å². The quantitative estimate of drug-likeness (QED) is 0.677. The highest BCUT2D eigenvalue weighted by Gasteiger charge is 1.86. The van der Waals surface area contributed by atoms with Crippen molar-refractivity contribution in [2.75, 3.05) is 0 Å². The molecular formula is C9H15N3. The second-order valence-electron chi connectivity index (χ2n) is 2.04. The molecule has 1 aromatic rings. The van der Waals surface area contributed by atoms with Gasteiger partial charge in [0.2, 0.25) is 5.62 Å². The van der Waals surface area contributed by atoms with Crippen molar-refractivity contribution in [3.05, 3.63) is 30.2 Å². The average Bonchev–Trinajstić information content (AvgIpc) is 2.13. The number of hydrogen-bond donors (Lipinski definition) is 1. The molecule has 1 N–H and O–H groups in total. The van der Waals surface area contributed by atoms with Gasteiger partial charge in [0.25, 0.3) is 0 Å². The van der Waals surface area contributed by atoms with Gasteiger partial charge in [-0.15, -0.1) is 0 Å². The van der Waals surface area contributed by atoms with Gasteiger partial charge in [-0.05, 0) is 12.5 Å². The predicted molar refractivity (Wildman–Crippen MR) is 50.6 cm³/mol. The lowest BCUT2D eigenvalue weighted by Gasteiger charge is -1.97. The van der Waals surface area contributed by atoms with E-state index in [0.717, 1.165) is 5.56 Å². The van der Waals surface area contributed by atoms with Crippen molar-refractivity contribution in [2.24, 2.45) is 0 Å². The minimum atomic E-state index is 0.209. The Hall–Kier alpha value is -1.38. The molecule has 0 saturated heterocycles. The van der Waals surface area contributed by atoms with Gasteiger partial charge in [0, 0.05) is 18.6 Å². The summed E-state index contributed by atoms with van der Waals surface area (Å²) >= 11 is 0. The van der Waals surface area contributed by atoms with Crippen LogP contribution in [0.2, 0.25) is 0 Å². The standard InChI is InChI=1S/C7H9N3.C2H6/c1-3-10-5-6(2)4-9-7(10)8;1-2/h3-5,8H,1H2,2H3;1-2H3. The second-order valence-corrected chi connectivity index (χ2v) is 2.04. The molecule has 0 saturated carbocycles. The van der Waals surface area contributed by atoms with Crippen molar-refractivity contribution in [1.82, 2.24) is 9.55 Å². The number of aryl methyl sites for hydroxylation is 1. The number of aromatic nitrogens is 2. The third kappa shape index (κ3) is 2.70. The van der Waals surface area contributed by atoms with Crippen molar-refractivity contribution < 1.29 is 0 Å². The molecule has 3 nitrogen and oxygen atoms in total. The summed E-state index contributed by atoms with van der Waals surface area (Å²) in [6.45, 7) is 9.46. The molecule has 0 fully saturated rings. The van der Waals surface area contributed by atoms with Crippen molar-refractivity contribution in [3.63, 3.8) is 0 Å². The van der Waals surface area contributed by atoms with Crippen LogP contribution in [0.15, 0.2) is 19.0 Å². The Morgan fingerprint density at radius 1 is 1.58 bits per heavy atom. The summed E-state index contributed by atoms with van der Waals surface area (Å²) in [6.07, 6.45) is 5.02. The molecule has 0 atom stereocenters. The van der Waals surface area contributed by atoms with E-state index in [9.17, 15) is 0 Å². The number of nitrogens with zero attached hydrogens (tertiary/aromatic N) is 2. The first kappa shape index (κ1) is 10.6. The van der Waals surface area contributed by atoms with E-state index < -0.39 is 0 Å². The topological polar surface area (TPSA) is 41.7 Å². The van der Waals surface area contributed by atoms with Gasteiger partial charge in [-0.25, -0.2) is 4.98 Å². The summed E-state index contributed by atoms with van der Waals surface area (Å²) in [7, 11) is 0. The van der Waals surface area contributed by atoms with Crippen LogP contribution in [0.3, 0.4) is 0 Å². The molecule has 0 amide bonds. The van der Waals surface area contributed by atoms with E-state index in [4.69, 9.17) is 5.41 Å². The maximum Gasteiger partial charge on any atom is 0.226 e. The van der Waals surface area contributed by atoms with Crippen molar-refractivity contribution >= 4 is 6.20 Å². The molecule has 0 bridgehead atoms. The summed E-state index contributed by atoms with van der Waals surface area (Å²) in [5.74, 6) is 0. The van der Waals surface area contributed by atoms with Crippen LogP contribution in [0, 0.1) is 12.3 Å². The fourth-order valence-corrected chi connectivity index (χ4v) is 0.683. The highest BCUT2D eigenvalue weighted by molar-refractivity contribution is 5.17. The molecule has 0 spiro atoms. The lowest BCUT2D eigenvalue weighted by Crippen LogP contribution is -2.17. The molecule has 1 rings (SSSR count). The summed E-state index contributed by atoms with van der Waals surface area (Å²) in [5, 5.41) is 7.25. The van der Waals surface area contributed by atoms with Crippen LogP contribution in [0.1, 0.15) is 19.4 Å². The number of rotatable bonds is 1. The second kappa shape index (κ2) is 5.29. The van der Waals surface area contributed by atoms with Gasteiger partial charge in [-0.1, -0.05) is 20.4 Å². The van der Waals surface area contributed by atoms with Gasteiger partial charge in [0.1, 0.15) is 0 Å². The summed E-state index contributed by atoms with van der Waals surface area (Å²) < 4.78 is 1.56. The average molecular weight is 165 g/mol. The first-order valence-corrected chi connectivity index (χ1v) is 3.96. The van der Waals surface area contributed by atoms with Crippen molar-refractivity contribution in [1.29, 1.82) is 5.41 Å². The third-order valence-corrected chi connectivity index (χ3v) is 1.17. The van der Waals surface area contributed by atoms with Gasteiger partial charge in [-0.2, -0.15) is 0 Å². The zero-order valence-corrected chi connectivity index (χ0v) is 7.83. The Morgan fingerprint density at radius 2 is 2.17 bits per heavy atom. The normalized spacial score (nSPS) is 8.25. The zero-order valence-electron chi connectivity index (χ0n) is 7.83. The minimum Gasteiger partial charge on any atom is -0.294 e. The molecule has 1 aromatic heterocycles. The van der Waals surface area contributed by atoms with Gasteiger partial charge in [-0.3, -0.25) is 9.98 Å². The van der Waals surface area contributed by atoms with E-state index in [-0.39, 0.29) is 5.62 Å². The van der Waals surface area contributed by atoms with Gasteiger partial charge < -0.3 is 0 Å². The lowest BCUT2D eigenvalue weighted by molar-refractivity contribution is 0.872. The Balaban J connectivity index is 0.000000561. The summed E-state index contributed by atoms with van der Waals surface area (Å²) in [4.78, 5) is 3.81. The first-order chi connectivity index (χ1) is 5.74. The SMILES string of the molecule is C=Cn1cc(C)cnc1=N.CC. The van der Waals surface area contributed by atoms with Gasteiger partial charge in [0.05, 0.1) is 0 Å². The Kier molecular flexibility index (Phi) is 4.69. The lowest BCUT2D eigenvalue weighted by atomic mass is 10.4. The number of nitrogens with one attached hydrogen (secondary N) is 1. The Morgan fingerprint density at radius 3 is 2.58 bits per heavy atom. The highest BCUT2D eigenvalue weighted by atomic mass is 15.0. The first-order valence-electron chi connectivity index (χ1n) is 3.96. The molecule has 0 unspecified atom stereocenters. The van der Waals surface area contributed by atoms with E-state index in [0.29, 0.717) is 0 Å². The van der Waals surface area contributed by atoms with Crippen LogP contribution >= 0.6 is 0 Å². The fourth-order valence-electron chi connectivity index (χ4n) is 0.683. The summed E-state index contributed by atoms with van der Waals surface area (Å²) in [6, 6.07) is 0. The van der Waals surface area contributed by atoms with Crippen molar-refractivity contribution in [2.45, 2.75) is 20.8 Å². The smallest absolute Gasteiger partial charge is 0.226 e. The van der Waals surface area contributed by atoms with Crippen molar-refractivity contribution in [3.8, 4) is 0 Å². The Bertz CT molecular complexity index is 299. The highest BCUT2D eigenvalue weighted by Crippen LogP contribution is 1.87. The zero-order chi connectivity index (χ0) is 9.56. The maximum atomic E-state index is 7.25. The third-order valence-electron chi connectivity index (χ3n) is 1.17.